The lowest BCUT2D eigenvalue weighted by molar-refractivity contribution is -0.385. The van der Waals surface area contributed by atoms with Crippen LogP contribution in [0.1, 0.15) is 47.0 Å². The first-order valence-corrected chi connectivity index (χ1v) is 11.2. The molecule has 0 radical (unpaired) electrons. The lowest BCUT2D eigenvalue weighted by Gasteiger charge is -2.16. The number of benzene rings is 4. The van der Waals surface area contributed by atoms with E-state index in [2.05, 4.69) is 0 Å². The van der Waals surface area contributed by atoms with E-state index >= 15 is 0 Å². The van der Waals surface area contributed by atoms with Crippen LogP contribution in [-0.4, -0.2) is 35.1 Å². The first kappa shape index (κ1) is 23.6. The van der Waals surface area contributed by atoms with Crippen molar-refractivity contribution in [2.75, 3.05) is 11.5 Å². The normalized spacial score (nSPS) is 12.5. The molecule has 5 rings (SSSR count). The average Bonchev–Trinajstić information content (AvgIpc) is 3.15. The van der Waals surface area contributed by atoms with E-state index in [1.807, 2.05) is 30.3 Å². The lowest BCUT2D eigenvalue weighted by Crippen LogP contribution is -2.29. The Hall–Kier alpha value is -5.18. The van der Waals surface area contributed by atoms with E-state index in [0.717, 1.165) is 21.7 Å². The van der Waals surface area contributed by atoms with Gasteiger partial charge in [-0.05, 0) is 36.6 Å². The van der Waals surface area contributed by atoms with E-state index in [-0.39, 0.29) is 27.9 Å². The van der Waals surface area contributed by atoms with Crippen LogP contribution < -0.4 is 4.90 Å². The van der Waals surface area contributed by atoms with Crippen LogP contribution in [-0.2, 0) is 4.74 Å². The Kier molecular flexibility index (Phi) is 5.81. The molecule has 4 aromatic carbocycles. The predicted molar refractivity (Wildman–Crippen MR) is 134 cm³/mol. The number of hydrogen-bond donors (Lipinski definition) is 0. The highest BCUT2D eigenvalue weighted by Crippen LogP contribution is 2.34. The fourth-order valence-corrected chi connectivity index (χ4v) is 4.27. The molecule has 0 fully saturated rings. The second-order valence-corrected chi connectivity index (χ2v) is 8.46. The van der Waals surface area contributed by atoms with Crippen molar-refractivity contribution >= 4 is 45.7 Å². The van der Waals surface area contributed by atoms with Crippen LogP contribution in [0.3, 0.4) is 0 Å². The fraction of sp³-hybridized carbons (Fsp3) is 0.0714. The van der Waals surface area contributed by atoms with Gasteiger partial charge in [-0.25, -0.2) is 9.69 Å². The molecule has 0 atom stereocenters. The highest BCUT2D eigenvalue weighted by atomic mass is 16.6. The maximum atomic E-state index is 13.2. The summed E-state index contributed by atoms with van der Waals surface area (Å²) >= 11 is 0. The van der Waals surface area contributed by atoms with Crippen LogP contribution in [0.25, 0.3) is 10.8 Å². The van der Waals surface area contributed by atoms with Gasteiger partial charge in [0.2, 0.25) is 5.78 Å². The number of fused-ring (bicyclic) bond motifs is 2. The zero-order chi connectivity index (χ0) is 26.3. The molecule has 0 aromatic heterocycles. The molecule has 37 heavy (non-hydrogen) atoms. The maximum absolute atomic E-state index is 13.2. The number of ketones is 1. The molecule has 1 heterocycles. The number of nitrogens with zero attached hydrogens (tertiary/aromatic N) is 2. The summed E-state index contributed by atoms with van der Waals surface area (Å²) in [6.45, 7) is 0.902. The molecule has 182 valence electrons. The SMILES string of the molecule is Cc1ccc(C(=O)COC(=O)c2ccc3c(c2)C(=O)N(c2cccc4ccccc24)C3=O)cc1[N+](=O)[O-]. The number of esters is 1. The van der Waals surface area contributed by atoms with E-state index < -0.39 is 35.1 Å². The van der Waals surface area contributed by atoms with Crippen LogP contribution in [0.5, 0.6) is 0 Å². The Balaban J connectivity index is 1.36. The number of hydrogen-bond acceptors (Lipinski definition) is 7. The second kappa shape index (κ2) is 9.12. The van der Waals surface area contributed by atoms with E-state index in [4.69, 9.17) is 4.74 Å². The zero-order valence-electron chi connectivity index (χ0n) is 19.5. The minimum atomic E-state index is -0.873. The van der Waals surface area contributed by atoms with Gasteiger partial charge in [0.15, 0.2) is 6.61 Å². The van der Waals surface area contributed by atoms with Gasteiger partial charge >= 0.3 is 5.97 Å². The summed E-state index contributed by atoms with van der Waals surface area (Å²) in [6, 6.07) is 20.7. The highest BCUT2D eigenvalue weighted by molar-refractivity contribution is 6.36. The van der Waals surface area contributed by atoms with Crippen molar-refractivity contribution in [1.82, 2.24) is 0 Å². The van der Waals surface area contributed by atoms with Gasteiger partial charge in [-0.1, -0.05) is 48.5 Å². The summed E-state index contributed by atoms with van der Waals surface area (Å²) in [5.41, 5.74) is 0.840. The summed E-state index contributed by atoms with van der Waals surface area (Å²) in [7, 11) is 0. The van der Waals surface area contributed by atoms with Gasteiger partial charge in [-0.2, -0.15) is 0 Å². The molecule has 0 spiro atoms. The average molecular weight is 494 g/mol. The Morgan fingerprint density at radius 2 is 1.57 bits per heavy atom. The van der Waals surface area contributed by atoms with E-state index in [9.17, 15) is 29.3 Å². The third-order valence-electron chi connectivity index (χ3n) is 6.19. The molecule has 9 heteroatoms. The van der Waals surface area contributed by atoms with Gasteiger partial charge in [0.1, 0.15) is 0 Å². The number of nitro benzene ring substituents is 1. The van der Waals surface area contributed by atoms with Gasteiger partial charge in [0.25, 0.3) is 17.5 Å². The number of nitro groups is 1. The largest absolute Gasteiger partial charge is 0.454 e. The smallest absolute Gasteiger partial charge is 0.338 e. The number of ether oxygens (including phenoxy) is 1. The molecule has 0 saturated carbocycles. The topological polar surface area (TPSA) is 124 Å². The first-order valence-electron chi connectivity index (χ1n) is 11.2. The van der Waals surface area contributed by atoms with Gasteiger partial charge in [0.05, 0.1) is 27.3 Å². The Bertz CT molecular complexity index is 1650. The summed E-state index contributed by atoms with van der Waals surface area (Å²) < 4.78 is 5.10. The van der Waals surface area contributed by atoms with E-state index in [1.54, 1.807) is 19.1 Å². The van der Waals surface area contributed by atoms with Crippen molar-refractivity contribution in [1.29, 1.82) is 0 Å². The maximum Gasteiger partial charge on any atom is 0.338 e. The number of imide groups is 1. The van der Waals surface area contributed by atoms with Gasteiger partial charge in [-0.3, -0.25) is 24.5 Å². The summed E-state index contributed by atoms with van der Waals surface area (Å²) in [6.07, 6.45) is 0. The summed E-state index contributed by atoms with van der Waals surface area (Å²) in [5.74, 6) is -2.57. The van der Waals surface area contributed by atoms with Crippen LogP contribution in [0.2, 0.25) is 0 Å². The van der Waals surface area contributed by atoms with Crippen LogP contribution in [0, 0.1) is 17.0 Å². The zero-order valence-corrected chi connectivity index (χ0v) is 19.5. The lowest BCUT2D eigenvalue weighted by atomic mass is 10.1. The highest BCUT2D eigenvalue weighted by Gasteiger charge is 2.38. The summed E-state index contributed by atoms with van der Waals surface area (Å²) in [5, 5.41) is 12.7. The van der Waals surface area contributed by atoms with Crippen LogP contribution in [0.15, 0.2) is 78.9 Å². The van der Waals surface area contributed by atoms with Gasteiger partial charge < -0.3 is 4.74 Å². The predicted octanol–water partition coefficient (Wildman–Crippen LogP) is 4.90. The van der Waals surface area contributed by atoms with E-state index in [0.29, 0.717) is 11.3 Å². The molecule has 2 amide bonds. The number of amides is 2. The van der Waals surface area contributed by atoms with E-state index in [1.165, 1.54) is 30.3 Å². The minimum absolute atomic E-state index is 0.0117. The molecule has 0 bridgehead atoms. The van der Waals surface area contributed by atoms with Crippen molar-refractivity contribution in [2.45, 2.75) is 6.92 Å². The molecular formula is C28H18N2O7. The van der Waals surface area contributed by atoms with Crippen LogP contribution in [0.4, 0.5) is 11.4 Å². The number of rotatable bonds is 6. The standard InChI is InChI=1S/C28H18N2O7/c1-16-9-10-18(14-24(16)30(35)36)25(31)15-37-28(34)19-11-12-21-22(13-19)27(33)29(26(21)32)23-8-4-6-17-5-2-3-7-20(17)23/h2-14H,15H2,1H3. The third-order valence-corrected chi connectivity index (χ3v) is 6.19. The molecule has 9 nitrogen and oxygen atoms in total. The molecule has 0 N–H and O–H groups in total. The van der Waals surface area contributed by atoms with Crippen molar-refractivity contribution in [2.24, 2.45) is 0 Å². The first-order chi connectivity index (χ1) is 17.8. The van der Waals surface area contributed by atoms with Crippen molar-refractivity contribution in [3.05, 3.63) is 117 Å². The van der Waals surface area contributed by atoms with Crippen LogP contribution >= 0.6 is 0 Å². The molecule has 1 aliphatic rings. The number of aryl methyl sites for hydroxylation is 1. The Morgan fingerprint density at radius 3 is 2.35 bits per heavy atom. The summed E-state index contributed by atoms with van der Waals surface area (Å²) in [4.78, 5) is 63.0. The van der Waals surface area contributed by atoms with Gasteiger partial charge in [-0.15, -0.1) is 0 Å². The molecule has 0 unspecified atom stereocenters. The van der Waals surface area contributed by atoms with Crippen molar-refractivity contribution < 1.29 is 28.8 Å². The van der Waals surface area contributed by atoms with Crippen molar-refractivity contribution in [3.8, 4) is 0 Å². The molecule has 1 aliphatic heterocycles. The molecule has 0 saturated heterocycles. The third kappa shape index (κ3) is 4.12. The molecular weight excluding hydrogens is 476 g/mol. The van der Waals surface area contributed by atoms with Crippen molar-refractivity contribution in [3.63, 3.8) is 0 Å². The molecule has 4 aromatic rings. The Labute approximate surface area is 210 Å². The molecule has 0 aliphatic carbocycles. The van der Waals surface area contributed by atoms with Gasteiger partial charge in [0, 0.05) is 22.6 Å². The fourth-order valence-electron chi connectivity index (χ4n) is 4.27. The monoisotopic (exact) mass is 494 g/mol. The minimum Gasteiger partial charge on any atom is -0.454 e. The number of carbonyl (C=O) groups is 4. The number of anilines is 1. The second-order valence-electron chi connectivity index (χ2n) is 8.46. The quantitative estimate of drug-likeness (QED) is 0.123. The Morgan fingerprint density at radius 1 is 0.865 bits per heavy atom. The number of carbonyl (C=O) groups excluding carboxylic acids is 4. The number of Topliss-reactive ketones (excluding diaryl/α,β-unsaturated/α-hetero) is 1.